The number of carbonyl (C=O) groups excluding carboxylic acids is 2. The summed E-state index contributed by atoms with van der Waals surface area (Å²) in [7, 11) is 0. The number of hydrogen-bond donors (Lipinski definition) is 3. The summed E-state index contributed by atoms with van der Waals surface area (Å²) < 4.78 is 0. The van der Waals surface area contributed by atoms with Crippen LogP contribution in [0.1, 0.15) is 32.1 Å². The van der Waals surface area contributed by atoms with Crippen LogP contribution in [0.3, 0.4) is 0 Å². The molecule has 1 fully saturated rings. The quantitative estimate of drug-likeness (QED) is 0.614. The Morgan fingerprint density at radius 1 is 1.12 bits per heavy atom. The number of aliphatic hydroxyl groups excluding tert-OH is 1. The lowest BCUT2D eigenvalue weighted by Gasteiger charge is -2.29. The molecule has 1 heterocycles. The van der Waals surface area contributed by atoms with Crippen molar-refractivity contribution in [3.05, 3.63) is 29.3 Å². The van der Waals surface area contributed by atoms with Gasteiger partial charge in [-0.15, -0.1) is 0 Å². The summed E-state index contributed by atoms with van der Waals surface area (Å²) in [5.41, 5.74) is 0.668. The topological polar surface area (TPSA) is 81.7 Å². The second-order valence-corrected chi connectivity index (χ2v) is 6.77. The molecule has 0 aliphatic carbocycles. The van der Waals surface area contributed by atoms with Crippen LogP contribution < -0.4 is 10.6 Å². The number of rotatable bonds is 8. The molecule has 0 radical (unpaired) electrons. The number of piperidine rings is 1. The van der Waals surface area contributed by atoms with Gasteiger partial charge in [0.15, 0.2) is 0 Å². The molecule has 0 spiro atoms. The van der Waals surface area contributed by atoms with Crippen molar-refractivity contribution in [1.82, 2.24) is 10.2 Å². The Kier molecular flexibility index (Phi) is 8.18. The van der Waals surface area contributed by atoms with Gasteiger partial charge in [0.1, 0.15) is 0 Å². The highest BCUT2D eigenvalue weighted by atomic mass is 35.5. The van der Waals surface area contributed by atoms with E-state index in [0.29, 0.717) is 17.3 Å². The van der Waals surface area contributed by atoms with Crippen LogP contribution in [0.15, 0.2) is 24.3 Å². The van der Waals surface area contributed by atoms with Gasteiger partial charge in [0.05, 0.1) is 6.10 Å². The Hall–Kier alpha value is -1.63. The molecule has 6 nitrogen and oxygen atoms in total. The molecule has 25 heavy (non-hydrogen) atoms. The number of likely N-dealkylation sites (tertiary alicyclic amines) is 1. The molecule has 1 aliphatic heterocycles. The molecular formula is C18H26ClN3O3. The van der Waals surface area contributed by atoms with Crippen molar-refractivity contribution in [3.63, 3.8) is 0 Å². The molecule has 0 aromatic heterocycles. The number of nitrogens with zero attached hydrogens (tertiary/aromatic N) is 1. The molecule has 3 N–H and O–H groups in total. The molecule has 1 saturated heterocycles. The second kappa shape index (κ2) is 10.4. The van der Waals surface area contributed by atoms with Gasteiger partial charge < -0.3 is 20.6 Å². The number of amides is 2. The molecule has 0 atom stereocenters. The molecule has 1 aromatic carbocycles. The van der Waals surface area contributed by atoms with E-state index in [-0.39, 0.29) is 30.8 Å². The maximum Gasteiger partial charge on any atom is 0.224 e. The van der Waals surface area contributed by atoms with Crippen LogP contribution in [0.2, 0.25) is 5.02 Å². The normalized spacial score (nSPS) is 15.8. The van der Waals surface area contributed by atoms with Gasteiger partial charge in [0.25, 0.3) is 0 Å². The summed E-state index contributed by atoms with van der Waals surface area (Å²) in [4.78, 5) is 25.9. The molecule has 0 saturated carbocycles. The molecule has 1 aliphatic rings. The summed E-state index contributed by atoms with van der Waals surface area (Å²) in [6, 6.07) is 6.85. The third-order valence-corrected chi connectivity index (χ3v) is 4.49. The molecule has 0 bridgehead atoms. The highest BCUT2D eigenvalue weighted by Gasteiger charge is 2.16. The summed E-state index contributed by atoms with van der Waals surface area (Å²) in [5.74, 6) is -0.301. The fraction of sp³-hybridized carbons (Fsp3) is 0.556. The SMILES string of the molecule is O=C(CCC(=O)Nc1ccc(Cl)cc1)NCCCN1CCC(O)CC1. The standard InChI is InChI=1S/C18H26ClN3O3/c19-14-2-4-15(5-3-14)21-18(25)7-6-17(24)20-10-1-11-22-12-8-16(23)9-13-22/h2-5,16,23H,1,6-13H2,(H,20,24)(H,21,25). The lowest BCUT2D eigenvalue weighted by Crippen LogP contribution is -2.37. The van der Waals surface area contributed by atoms with E-state index in [0.717, 1.165) is 38.9 Å². The number of aliphatic hydroxyl groups is 1. The first-order valence-corrected chi connectivity index (χ1v) is 9.13. The van der Waals surface area contributed by atoms with E-state index in [4.69, 9.17) is 11.6 Å². The van der Waals surface area contributed by atoms with Crippen molar-refractivity contribution in [2.24, 2.45) is 0 Å². The third-order valence-electron chi connectivity index (χ3n) is 4.24. The monoisotopic (exact) mass is 367 g/mol. The van der Waals surface area contributed by atoms with Crippen LogP contribution in [-0.4, -0.2) is 54.1 Å². The Morgan fingerprint density at radius 2 is 1.76 bits per heavy atom. The van der Waals surface area contributed by atoms with Crippen molar-refractivity contribution in [2.45, 2.75) is 38.2 Å². The average molecular weight is 368 g/mol. The van der Waals surface area contributed by atoms with E-state index in [1.165, 1.54) is 0 Å². The fourth-order valence-corrected chi connectivity index (χ4v) is 2.87. The minimum absolute atomic E-state index is 0.111. The van der Waals surface area contributed by atoms with Gasteiger partial charge in [-0.05, 0) is 50.1 Å². The average Bonchev–Trinajstić information content (AvgIpc) is 2.60. The number of hydrogen-bond acceptors (Lipinski definition) is 4. The maximum absolute atomic E-state index is 11.8. The first-order chi connectivity index (χ1) is 12.0. The summed E-state index contributed by atoms with van der Waals surface area (Å²) >= 11 is 5.79. The smallest absolute Gasteiger partial charge is 0.224 e. The minimum Gasteiger partial charge on any atom is -0.393 e. The van der Waals surface area contributed by atoms with Crippen molar-refractivity contribution in [1.29, 1.82) is 0 Å². The van der Waals surface area contributed by atoms with Gasteiger partial charge in [-0.1, -0.05) is 11.6 Å². The van der Waals surface area contributed by atoms with Crippen LogP contribution in [0.25, 0.3) is 0 Å². The Balaban J connectivity index is 1.53. The lowest BCUT2D eigenvalue weighted by molar-refractivity contribution is -0.124. The number of halogens is 1. The van der Waals surface area contributed by atoms with Gasteiger partial charge in [0, 0.05) is 43.2 Å². The molecule has 7 heteroatoms. The van der Waals surface area contributed by atoms with Crippen LogP contribution in [0.4, 0.5) is 5.69 Å². The molecule has 1 aromatic rings. The van der Waals surface area contributed by atoms with Crippen LogP contribution in [0, 0.1) is 0 Å². The summed E-state index contributed by atoms with van der Waals surface area (Å²) in [6.45, 7) is 3.36. The van der Waals surface area contributed by atoms with Crippen molar-refractivity contribution < 1.29 is 14.7 Å². The van der Waals surface area contributed by atoms with E-state index in [9.17, 15) is 14.7 Å². The van der Waals surface area contributed by atoms with E-state index in [1.54, 1.807) is 24.3 Å². The zero-order chi connectivity index (χ0) is 18.1. The predicted molar refractivity (Wildman–Crippen MR) is 98.6 cm³/mol. The molecule has 138 valence electrons. The predicted octanol–water partition coefficient (Wildman–Crippen LogP) is 2.02. The van der Waals surface area contributed by atoms with Crippen molar-refractivity contribution >= 4 is 29.1 Å². The van der Waals surface area contributed by atoms with E-state index in [2.05, 4.69) is 15.5 Å². The third kappa shape index (κ3) is 7.86. The Bertz CT molecular complexity index is 557. The van der Waals surface area contributed by atoms with E-state index in [1.807, 2.05) is 0 Å². The highest BCUT2D eigenvalue weighted by Crippen LogP contribution is 2.13. The fourth-order valence-electron chi connectivity index (χ4n) is 2.75. The molecular weight excluding hydrogens is 342 g/mol. The number of anilines is 1. The summed E-state index contributed by atoms with van der Waals surface area (Å²) in [6.07, 6.45) is 2.70. The van der Waals surface area contributed by atoms with Gasteiger partial charge >= 0.3 is 0 Å². The van der Waals surface area contributed by atoms with Crippen molar-refractivity contribution in [2.75, 3.05) is 31.5 Å². The van der Waals surface area contributed by atoms with Gasteiger partial charge in [0.2, 0.25) is 11.8 Å². The summed E-state index contributed by atoms with van der Waals surface area (Å²) in [5, 5.41) is 15.6. The second-order valence-electron chi connectivity index (χ2n) is 6.33. The zero-order valence-corrected chi connectivity index (χ0v) is 15.1. The van der Waals surface area contributed by atoms with Crippen LogP contribution in [0.5, 0.6) is 0 Å². The van der Waals surface area contributed by atoms with Crippen molar-refractivity contribution in [3.8, 4) is 0 Å². The first kappa shape index (κ1) is 19.7. The maximum atomic E-state index is 11.8. The zero-order valence-electron chi connectivity index (χ0n) is 14.3. The van der Waals surface area contributed by atoms with E-state index >= 15 is 0 Å². The Labute approximate surface area is 153 Å². The number of carbonyl (C=O) groups is 2. The molecule has 2 rings (SSSR count). The van der Waals surface area contributed by atoms with Gasteiger partial charge in [-0.2, -0.15) is 0 Å². The van der Waals surface area contributed by atoms with Gasteiger partial charge in [-0.25, -0.2) is 0 Å². The highest BCUT2D eigenvalue weighted by molar-refractivity contribution is 6.30. The number of benzene rings is 1. The lowest BCUT2D eigenvalue weighted by atomic mass is 10.1. The van der Waals surface area contributed by atoms with Crippen LogP contribution >= 0.6 is 11.6 Å². The Morgan fingerprint density at radius 3 is 2.44 bits per heavy atom. The van der Waals surface area contributed by atoms with Gasteiger partial charge in [-0.3, -0.25) is 9.59 Å². The van der Waals surface area contributed by atoms with E-state index < -0.39 is 0 Å². The first-order valence-electron chi connectivity index (χ1n) is 8.75. The number of nitrogens with one attached hydrogen (secondary N) is 2. The van der Waals surface area contributed by atoms with Crippen LogP contribution in [-0.2, 0) is 9.59 Å². The molecule has 0 unspecified atom stereocenters. The molecule has 2 amide bonds. The largest absolute Gasteiger partial charge is 0.393 e. The minimum atomic E-state index is -0.190.